The molecular formula is C18H25N7O2. The highest BCUT2D eigenvalue weighted by Gasteiger charge is 2.23. The molecule has 1 aromatic heterocycles. The summed E-state index contributed by atoms with van der Waals surface area (Å²) in [4.78, 5) is 22.0. The topological polar surface area (TPSA) is 122 Å². The number of anilines is 4. The molecule has 144 valence electrons. The average Bonchev–Trinajstić information content (AvgIpc) is 3.12. The highest BCUT2D eigenvalue weighted by Crippen LogP contribution is 2.27. The molecule has 0 bridgehead atoms. The second-order valence-corrected chi connectivity index (χ2v) is 6.67. The molecule has 9 heteroatoms. The molecule has 1 saturated heterocycles. The van der Waals surface area contributed by atoms with Gasteiger partial charge in [-0.3, -0.25) is 10.1 Å². The first-order chi connectivity index (χ1) is 13.0. The first-order valence-electron chi connectivity index (χ1n) is 9.11. The minimum atomic E-state index is -0.498. The van der Waals surface area contributed by atoms with E-state index in [2.05, 4.69) is 32.4 Å². The number of rotatable bonds is 7. The summed E-state index contributed by atoms with van der Waals surface area (Å²) in [6, 6.07) is 7.07. The van der Waals surface area contributed by atoms with Crippen LogP contribution in [0.5, 0.6) is 0 Å². The number of hydrogen-bond donors (Lipinski definition) is 3. The third-order valence-corrected chi connectivity index (χ3v) is 4.68. The van der Waals surface area contributed by atoms with Gasteiger partial charge in [0.1, 0.15) is 11.5 Å². The summed E-state index contributed by atoms with van der Waals surface area (Å²) >= 11 is 0. The molecule has 0 radical (unpaired) electrons. The molecule has 1 aromatic carbocycles. The Morgan fingerprint density at radius 1 is 1.37 bits per heavy atom. The standard InChI is InChI=1S/C18H25N7O2/c1-3-4-12-10-17(24-8-7-14(11-24)20-2)23-18(21-12)22-13-5-6-15(19)16(9-13)25(26)27/h5-6,9-10,14,20H,3-4,7-8,11,19H2,1-2H3,(H,21,22,23). The van der Waals surface area contributed by atoms with Crippen LogP contribution in [0.2, 0.25) is 0 Å². The number of hydrogen-bond acceptors (Lipinski definition) is 8. The molecule has 4 N–H and O–H groups in total. The van der Waals surface area contributed by atoms with Crippen LogP contribution in [0.25, 0.3) is 0 Å². The number of aryl methyl sites for hydroxylation is 1. The average molecular weight is 371 g/mol. The van der Waals surface area contributed by atoms with Crippen molar-refractivity contribution in [2.24, 2.45) is 0 Å². The van der Waals surface area contributed by atoms with E-state index in [1.807, 2.05) is 13.1 Å². The number of nitro groups is 1. The molecule has 0 amide bonds. The van der Waals surface area contributed by atoms with Crippen LogP contribution < -0.4 is 21.3 Å². The highest BCUT2D eigenvalue weighted by atomic mass is 16.6. The second kappa shape index (κ2) is 8.17. The van der Waals surface area contributed by atoms with E-state index in [4.69, 9.17) is 5.73 Å². The van der Waals surface area contributed by atoms with Gasteiger partial charge in [-0.05, 0) is 32.0 Å². The van der Waals surface area contributed by atoms with Crippen molar-refractivity contribution >= 4 is 28.8 Å². The Labute approximate surface area is 158 Å². The second-order valence-electron chi connectivity index (χ2n) is 6.67. The Balaban J connectivity index is 1.88. The molecule has 0 spiro atoms. The smallest absolute Gasteiger partial charge is 0.294 e. The van der Waals surface area contributed by atoms with Crippen molar-refractivity contribution in [3.05, 3.63) is 40.1 Å². The first kappa shape index (κ1) is 18.8. The molecule has 0 aliphatic carbocycles. The number of nitrogen functional groups attached to an aromatic ring is 1. The molecule has 2 aromatic rings. The van der Waals surface area contributed by atoms with Crippen LogP contribution in [0.1, 0.15) is 25.5 Å². The fourth-order valence-electron chi connectivity index (χ4n) is 3.20. The lowest BCUT2D eigenvalue weighted by molar-refractivity contribution is -0.383. The maximum Gasteiger partial charge on any atom is 0.294 e. The number of nitrogens with one attached hydrogen (secondary N) is 2. The number of nitrogens with zero attached hydrogens (tertiary/aromatic N) is 4. The van der Waals surface area contributed by atoms with Gasteiger partial charge in [-0.2, -0.15) is 4.98 Å². The lowest BCUT2D eigenvalue weighted by Gasteiger charge is -2.19. The van der Waals surface area contributed by atoms with Crippen LogP contribution >= 0.6 is 0 Å². The highest BCUT2D eigenvalue weighted by molar-refractivity contribution is 5.68. The van der Waals surface area contributed by atoms with Crippen LogP contribution in [0.3, 0.4) is 0 Å². The predicted octanol–water partition coefficient (Wildman–Crippen LogP) is 2.46. The van der Waals surface area contributed by atoms with E-state index in [0.717, 1.165) is 43.9 Å². The van der Waals surface area contributed by atoms with Crippen LogP contribution in [0.4, 0.5) is 28.8 Å². The first-order valence-corrected chi connectivity index (χ1v) is 9.11. The van der Waals surface area contributed by atoms with Crippen LogP contribution in [-0.4, -0.2) is 41.1 Å². The van der Waals surface area contributed by atoms with E-state index in [0.29, 0.717) is 17.7 Å². The van der Waals surface area contributed by atoms with E-state index in [9.17, 15) is 10.1 Å². The Bertz CT molecular complexity index is 827. The van der Waals surface area contributed by atoms with Gasteiger partial charge < -0.3 is 21.3 Å². The van der Waals surface area contributed by atoms with E-state index in [1.165, 1.54) is 12.1 Å². The van der Waals surface area contributed by atoms with Crippen LogP contribution in [-0.2, 0) is 6.42 Å². The summed E-state index contributed by atoms with van der Waals surface area (Å²) < 4.78 is 0. The zero-order chi connectivity index (χ0) is 19.4. The van der Waals surface area contributed by atoms with E-state index >= 15 is 0 Å². The van der Waals surface area contributed by atoms with Gasteiger partial charge >= 0.3 is 0 Å². The molecule has 1 atom stereocenters. The van der Waals surface area contributed by atoms with Crippen molar-refractivity contribution in [1.82, 2.24) is 15.3 Å². The molecule has 2 heterocycles. The summed E-state index contributed by atoms with van der Waals surface area (Å²) in [5, 5.41) is 17.5. The maximum absolute atomic E-state index is 11.1. The normalized spacial score (nSPS) is 16.5. The minimum absolute atomic E-state index is 0.127. The van der Waals surface area contributed by atoms with Gasteiger partial charge in [0.05, 0.1) is 4.92 Å². The summed E-state index contributed by atoms with van der Waals surface area (Å²) in [6.45, 7) is 3.93. The van der Waals surface area contributed by atoms with Gasteiger partial charge in [0.15, 0.2) is 0 Å². The molecule has 0 saturated carbocycles. The van der Waals surface area contributed by atoms with Crippen molar-refractivity contribution in [2.45, 2.75) is 32.2 Å². The predicted molar refractivity (Wildman–Crippen MR) is 106 cm³/mol. The molecule has 1 unspecified atom stereocenters. The molecule has 1 aliphatic heterocycles. The van der Waals surface area contributed by atoms with Crippen molar-refractivity contribution in [2.75, 3.05) is 36.1 Å². The van der Waals surface area contributed by atoms with E-state index < -0.39 is 4.92 Å². The number of benzene rings is 1. The monoisotopic (exact) mass is 371 g/mol. The minimum Gasteiger partial charge on any atom is -0.393 e. The summed E-state index contributed by atoms with van der Waals surface area (Å²) in [5.41, 5.74) is 7.14. The van der Waals surface area contributed by atoms with Gasteiger partial charge in [0.25, 0.3) is 5.69 Å². The van der Waals surface area contributed by atoms with Crippen LogP contribution in [0, 0.1) is 10.1 Å². The summed E-state index contributed by atoms with van der Waals surface area (Å²) in [5.74, 6) is 1.31. The number of aromatic nitrogens is 2. The lowest BCUT2D eigenvalue weighted by Crippen LogP contribution is -2.30. The third-order valence-electron chi connectivity index (χ3n) is 4.68. The lowest BCUT2D eigenvalue weighted by atomic mass is 10.2. The Morgan fingerprint density at radius 2 is 2.19 bits per heavy atom. The molecule has 1 aliphatic rings. The third kappa shape index (κ3) is 4.43. The Morgan fingerprint density at radius 3 is 2.85 bits per heavy atom. The van der Waals surface area contributed by atoms with E-state index in [1.54, 1.807) is 6.07 Å². The van der Waals surface area contributed by atoms with E-state index in [-0.39, 0.29) is 11.4 Å². The van der Waals surface area contributed by atoms with Gasteiger partial charge in [0.2, 0.25) is 5.95 Å². The summed E-state index contributed by atoms with van der Waals surface area (Å²) in [7, 11) is 1.97. The Hall–Kier alpha value is -2.94. The van der Waals surface area contributed by atoms with Crippen LogP contribution in [0.15, 0.2) is 24.3 Å². The summed E-state index contributed by atoms with van der Waals surface area (Å²) in [6.07, 6.45) is 2.88. The molecule has 1 fully saturated rings. The number of likely N-dealkylation sites (N-methyl/N-ethyl adjacent to an activating group) is 1. The van der Waals surface area contributed by atoms with Crippen molar-refractivity contribution in [1.29, 1.82) is 0 Å². The van der Waals surface area contributed by atoms with Crippen molar-refractivity contribution in [3.8, 4) is 0 Å². The van der Waals surface area contributed by atoms with Crippen molar-refractivity contribution in [3.63, 3.8) is 0 Å². The maximum atomic E-state index is 11.1. The largest absolute Gasteiger partial charge is 0.393 e. The fraction of sp³-hybridized carbons (Fsp3) is 0.444. The Kier molecular flexibility index (Phi) is 5.70. The van der Waals surface area contributed by atoms with Gasteiger partial charge in [-0.25, -0.2) is 4.98 Å². The number of nitrogens with two attached hydrogens (primary N) is 1. The number of nitro benzene ring substituents is 1. The van der Waals surface area contributed by atoms with Gasteiger partial charge in [-0.15, -0.1) is 0 Å². The zero-order valence-corrected chi connectivity index (χ0v) is 15.6. The zero-order valence-electron chi connectivity index (χ0n) is 15.6. The van der Waals surface area contributed by atoms with Gasteiger partial charge in [0, 0.05) is 42.6 Å². The molecule has 9 nitrogen and oxygen atoms in total. The SMILES string of the molecule is CCCc1cc(N2CCC(NC)C2)nc(Nc2ccc(N)c([N+](=O)[O-])c2)n1. The fourth-order valence-corrected chi connectivity index (χ4v) is 3.20. The van der Waals surface area contributed by atoms with Gasteiger partial charge in [-0.1, -0.05) is 13.3 Å². The van der Waals surface area contributed by atoms with Crippen molar-refractivity contribution < 1.29 is 4.92 Å². The quantitative estimate of drug-likeness (QED) is 0.385. The molecule has 3 rings (SSSR count). The molecular weight excluding hydrogens is 346 g/mol. The molecule has 27 heavy (non-hydrogen) atoms.